The first-order chi connectivity index (χ1) is 13.0. The van der Waals surface area contributed by atoms with Gasteiger partial charge in [0, 0.05) is 33.3 Å². The fourth-order valence-corrected chi connectivity index (χ4v) is 4.45. The Morgan fingerprint density at radius 1 is 1.07 bits per heavy atom. The fourth-order valence-electron chi connectivity index (χ4n) is 3.93. The van der Waals surface area contributed by atoms with Crippen LogP contribution in [0.25, 0.3) is 5.69 Å². The van der Waals surface area contributed by atoms with Gasteiger partial charge in [0.25, 0.3) is 0 Å². The SMILES string of the molecule is O=C1C[C@]2(C(=O)Nc3cccc(Cl)c32)c2cnn(-c3cccc(Cl)c3)c2N1. The van der Waals surface area contributed by atoms with E-state index in [-0.39, 0.29) is 18.2 Å². The molecule has 6 nitrogen and oxygen atoms in total. The van der Waals surface area contributed by atoms with Crippen molar-refractivity contribution in [1.29, 1.82) is 0 Å². The van der Waals surface area contributed by atoms with Crippen molar-refractivity contribution in [3.8, 4) is 5.69 Å². The van der Waals surface area contributed by atoms with Crippen LogP contribution in [-0.2, 0) is 15.0 Å². The first kappa shape index (κ1) is 16.4. The number of fused-ring (bicyclic) bond motifs is 4. The second-order valence-corrected chi connectivity index (χ2v) is 7.39. The Morgan fingerprint density at radius 2 is 1.89 bits per heavy atom. The summed E-state index contributed by atoms with van der Waals surface area (Å²) in [6, 6.07) is 12.4. The van der Waals surface area contributed by atoms with Crippen LogP contribution in [0.1, 0.15) is 17.5 Å². The van der Waals surface area contributed by atoms with Gasteiger partial charge in [0.1, 0.15) is 11.2 Å². The van der Waals surface area contributed by atoms with E-state index in [0.717, 1.165) is 0 Å². The molecule has 3 heterocycles. The largest absolute Gasteiger partial charge is 0.325 e. The number of nitrogens with one attached hydrogen (secondary N) is 2. The molecule has 0 bridgehead atoms. The molecule has 2 amide bonds. The normalized spacial score (nSPS) is 20.2. The summed E-state index contributed by atoms with van der Waals surface area (Å²) in [5, 5.41) is 11.1. The predicted octanol–water partition coefficient (Wildman–Crippen LogP) is 3.76. The molecule has 1 spiro atoms. The van der Waals surface area contributed by atoms with Crippen LogP contribution in [-0.4, -0.2) is 21.6 Å². The average molecular weight is 399 g/mol. The number of benzene rings is 2. The molecule has 2 aliphatic rings. The highest BCUT2D eigenvalue weighted by atomic mass is 35.5. The summed E-state index contributed by atoms with van der Waals surface area (Å²) in [5.74, 6) is -0.127. The van der Waals surface area contributed by atoms with Gasteiger partial charge >= 0.3 is 0 Å². The lowest BCUT2D eigenvalue weighted by atomic mass is 9.72. The van der Waals surface area contributed by atoms with Gasteiger partial charge in [-0.2, -0.15) is 5.10 Å². The molecule has 3 aromatic rings. The van der Waals surface area contributed by atoms with Crippen LogP contribution in [0.5, 0.6) is 0 Å². The van der Waals surface area contributed by atoms with Crippen LogP contribution in [0.4, 0.5) is 11.5 Å². The van der Waals surface area contributed by atoms with Gasteiger partial charge in [-0.25, -0.2) is 4.68 Å². The molecule has 8 heteroatoms. The Kier molecular flexibility index (Phi) is 3.38. The van der Waals surface area contributed by atoms with Gasteiger partial charge in [0.15, 0.2) is 0 Å². The van der Waals surface area contributed by atoms with Crippen molar-refractivity contribution >= 4 is 46.5 Å². The smallest absolute Gasteiger partial charge is 0.240 e. The summed E-state index contributed by atoms with van der Waals surface area (Å²) in [4.78, 5) is 25.7. The highest BCUT2D eigenvalue weighted by Gasteiger charge is 2.55. The van der Waals surface area contributed by atoms with E-state index < -0.39 is 5.41 Å². The third-order valence-electron chi connectivity index (χ3n) is 5.04. The number of nitrogens with zero attached hydrogens (tertiary/aromatic N) is 2. The maximum absolute atomic E-state index is 13.1. The predicted molar refractivity (Wildman–Crippen MR) is 103 cm³/mol. The van der Waals surface area contributed by atoms with Crippen LogP contribution in [0.2, 0.25) is 10.0 Å². The van der Waals surface area contributed by atoms with E-state index in [0.29, 0.717) is 38.4 Å². The van der Waals surface area contributed by atoms with E-state index in [2.05, 4.69) is 15.7 Å². The maximum Gasteiger partial charge on any atom is 0.240 e. The standard InChI is InChI=1S/C19H12Cl2N4O2/c20-10-3-1-4-11(7-10)25-17-12(9-22-25)19(8-15(26)24-17)16-13(21)5-2-6-14(16)23-18(19)27/h1-7,9H,8H2,(H,23,27)(H,24,26)/t19-/m0/s1. The third kappa shape index (κ3) is 2.17. The van der Waals surface area contributed by atoms with Crippen molar-refractivity contribution in [3.05, 3.63) is 69.8 Å². The number of rotatable bonds is 1. The number of halogens is 2. The van der Waals surface area contributed by atoms with Crippen LogP contribution in [0.15, 0.2) is 48.7 Å². The van der Waals surface area contributed by atoms with Gasteiger partial charge in [-0.05, 0) is 30.3 Å². The summed E-state index contributed by atoms with van der Waals surface area (Å²) in [7, 11) is 0. The van der Waals surface area contributed by atoms with Gasteiger partial charge in [-0.3, -0.25) is 9.59 Å². The number of anilines is 2. The maximum atomic E-state index is 13.1. The molecule has 134 valence electrons. The van der Waals surface area contributed by atoms with Crippen molar-refractivity contribution in [2.24, 2.45) is 0 Å². The van der Waals surface area contributed by atoms with E-state index in [4.69, 9.17) is 23.2 Å². The Hall–Kier alpha value is -2.83. The molecule has 0 unspecified atom stereocenters. The molecule has 2 aromatic carbocycles. The lowest BCUT2D eigenvalue weighted by Crippen LogP contribution is -2.43. The summed E-state index contributed by atoms with van der Waals surface area (Å²) < 4.78 is 1.57. The fraction of sp³-hybridized carbons (Fsp3) is 0.105. The zero-order valence-electron chi connectivity index (χ0n) is 13.8. The second-order valence-electron chi connectivity index (χ2n) is 6.55. The van der Waals surface area contributed by atoms with E-state index in [1.54, 1.807) is 47.3 Å². The van der Waals surface area contributed by atoms with Gasteiger partial charge in [0.2, 0.25) is 11.8 Å². The number of carbonyl (C=O) groups is 2. The van der Waals surface area contributed by atoms with Crippen LogP contribution in [0, 0.1) is 0 Å². The first-order valence-electron chi connectivity index (χ1n) is 8.25. The molecule has 0 fully saturated rings. The van der Waals surface area contributed by atoms with Crippen molar-refractivity contribution < 1.29 is 9.59 Å². The first-order valence-corrected chi connectivity index (χ1v) is 9.01. The zero-order valence-corrected chi connectivity index (χ0v) is 15.3. The number of hydrogen-bond donors (Lipinski definition) is 2. The Labute approximate surface area is 164 Å². The van der Waals surface area contributed by atoms with Gasteiger partial charge in [-0.15, -0.1) is 0 Å². The minimum absolute atomic E-state index is 0.0379. The molecule has 1 aromatic heterocycles. The number of hydrogen-bond acceptors (Lipinski definition) is 3. The monoisotopic (exact) mass is 398 g/mol. The summed E-state index contributed by atoms with van der Waals surface area (Å²) in [6.07, 6.45) is 1.57. The molecule has 2 N–H and O–H groups in total. The molecule has 0 aliphatic carbocycles. The lowest BCUT2D eigenvalue weighted by Gasteiger charge is -2.32. The Bertz CT molecular complexity index is 1140. The van der Waals surface area contributed by atoms with Crippen molar-refractivity contribution in [2.75, 3.05) is 10.6 Å². The molecule has 5 rings (SSSR count). The molecule has 27 heavy (non-hydrogen) atoms. The summed E-state index contributed by atoms with van der Waals surface area (Å²) >= 11 is 12.5. The Balaban J connectivity index is 1.79. The second kappa shape index (κ2) is 5.58. The highest BCUT2D eigenvalue weighted by Crippen LogP contribution is 2.52. The highest BCUT2D eigenvalue weighted by molar-refractivity contribution is 6.33. The molecule has 0 saturated heterocycles. The summed E-state index contributed by atoms with van der Waals surface area (Å²) in [6.45, 7) is 0. The lowest BCUT2D eigenvalue weighted by molar-refractivity contribution is -0.125. The third-order valence-corrected chi connectivity index (χ3v) is 5.59. The quantitative estimate of drug-likeness (QED) is 0.654. The van der Waals surface area contributed by atoms with E-state index >= 15 is 0 Å². The van der Waals surface area contributed by atoms with E-state index in [9.17, 15) is 9.59 Å². The van der Waals surface area contributed by atoms with Crippen molar-refractivity contribution in [1.82, 2.24) is 9.78 Å². The Morgan fingerprint density at radius 3 is 2.70 bits per heavy atom. The van der Waals surface area contributed by atoms with Crippen molar-refractivity contribution in [2.45, 2.75) is 11.8 Å². The minimum Gasteiger partial charge on any atom is -0.325 e. The summed E-state index contributed by atoms with van der Waals surface area (Å²) in [5.41, 5.74) is 1.30. The van der Waals surface area contributed by atoms with Gasteiger partial charge in [-0.1, -0.05) is 35.3 Å². The number of carbonyl (C=O) groups excluding carboxylic acids is 2. The van der Waals surface area contributed by atoms with Gasteiger partial charge < -0.3 is 10.6 Å². The van der Waals surface area contributed by atoms with Crippen LogP contribution in [0.3, 0.4) is 0 Å². The molecule has 1 atom stereocenters. The van der Waals surface area contributed by atoms with Crippen LogP contribution < -0.4 is 10.6 Å². The number of amides is 2. The molecule has 0 radical (unpaired) electrons. The number of aromatic nitrogens is 2. The van der Waals surface area contributed by atoms with Crippen LogP contribution >= 0.6 is 23.2 Å². The zero-order chi connectivity index (χ0) is 18.8. The van der Waals surface area contributed by atoms with E-state index in [1.807, 2.05) is 6.07 Å². The molecular formula is C19H12Cl2N4O2. The van der Waals surface area contributed by atoms with Gasteiger partial charge in [0.05, 0.1) is 11.9 Å². The topological polar surface area (TPSA) is 76.0 Å². The van der Waals surface area contributed by atoms with E-state index in [1.165, 1.54) is 0 Å². The average Bonchev–Trinajstić information content (AvgIpc) is 3.16. The minimum atomic E-state index is -1.21. The molecular weight excluding hydrogens is 387 g/mol. The molecule has 0 saturated carbocycles. The molecule has 2 aliphatic heterocycles. The van der Waals surface area contributed by atoms with Crippen molar-refractivity contribution in [3.63, 3.8) is 0 Å².